The molecule has 0 atom stereocenters. The molecule has 0 fully saturated rings. The SMILES string of the molecule is CCCc1ccc(Br)c(F)c1[N+](=O)[O-].CCCc1cccc(F)c1[N+](=O)[O-].CCNc1ccc(Br)c(F)c1N.CCn1nnc2c(F)c(Br)ccc21.O=[N+]([O-])c1c(F)cccc1F. The van der Waals surface area contributed by atoms with Crippen molar-refractivity contribution in [2.24, 2.45) is 0 Å². The van der Waals surface area contributed by atoms with Gasteiger partial charge in [-0.3, -0.25) is 30.3 Å². The summed E-state index contributed by atoms with van der Waals surface area (Å²) < 4.78 is 80.3. The summed E-state index contributed by atoms with van der Waals surface area (Å²) in [7, 11) is 0. The van der Waals surface area contributed by atoms with E-state index in [1.807, 2.05) is 27.7 Å². The van der Waals surface area contributed by atoms with E-state index in [-0.39, 0.29) is 21.7 Å². The van der Waals surface area contributed by atoms with Crippen molar-refractivity contribution in [3.05, 3.63) is 163 Å². The summed E-state index contributed by atoms with van der Waals surface area (Å²) in [6.07, 6.45) is 2.57. The first-order valence-corrected chi connectivity index (χ1v) is 20.9. The van der Waals surface area contributed by atoms with Crippen LogP contribution in [0.15, 0.2) is 86.2 Å². The molecular weight excluding hydrogens is 1040 g/mol. The molecule has 0 radical (unpaired) electrons. The average Bonchev–Trinajstić information content (AvgIpc) is 3.66. The highest BCUT2D eigenvalue weighted by Gasteiger charge is 2.22. The first-order valence-electron chi connectivity index (χ1n) is 18.5. The fourth-order valence-electron chi connectivity index (χ4n) is 5.27. The molecule has 3 N–H and O–H groups in total. The Labute approximate surface area is 381 Å². The quantitative estimate of drug-likeness (QED) is 0.0576. The molecule has 0 aliphatic rings. The van der Waals surface area contributed by atoms with Crippen molar-refractivity contribution in [3.8, 4) is 0 Å². The number of fused-ring (bicyclic) bond motifs is 1. The van der Waals surface area contributed by atoms with Gasteiger partial charge in [-0.2, -0.15) is 17.6 Å². The summed E-state index contributed by atoms with van der Waals surface area (Å²) >= 11 is 9.06. The van der Waals surface area contributed by atoms with Gasteiger partial charge < -0.3 is 11.1 Å². The highest BCUT2D eigenvalue weighted by Crippen LogP contribution is 2.30. The molecule has 14 nitrogen and oxygen atoms in total. The van der Waals surface area contributed by atoms with Gasteiger partial charge in [0.15, 0.2) is 11.6 Å². The number of hydrogen-bond acceptors (Lipinski definition) is 10. The van der Waals surface area contributed by atoms with Gasteiger partial charge in [0.25, 0.3) is 0 Å². The molecule has 6 aromatic rings. The van der Waals surface area contributed by atoms with Crippen LogP contribution in [0.1, 0.15) is 51.7 Å². The number of nitrogens with zero attached hydrogens (tertiary/aromatic N) is 6. The second-order valence-corrected chi connectivity index (χ2v) is 15.0. The molecule has 63 heavy (non-hydrogen) atoms. The lowest BCUT2D eigenvalue weighted by molar-refractivity contribution is -0.390. The largest absolute Gasteiger partial charge is 0.395 e. The third kappa shape index (κ3) is 15.0. The zero-order chi connectivity index (χ0) is 47.6. The van der Waals surface area contributed by atoms with Gasteiger partial charge in [0.1, 0.15) is 5.52 Å². The second-order valence-electron chi connectivity index (χ2n) is 12.4. The van der Waals surface area contributed by atoms with Gasteiger partial charge >= 0.3 is 17.1 Å². The molecule has 0 aliphatic carbocycles. The Kier molecular flexibility index (Phi) is 22.1. The summed E-state index contributed by atoms with van der Waals surface area (Å²) in [6, 6.07) is 16.8. The second kappa shape index (κ2) is 26.1. The molecule has 0 bridgehead atoms. The van der Waals surface area contributed by atoms with Gasteiger partial charge in [-0.25, -0.2) is 13.5 Å². The Morgan fingerprint density at radius 3 is 1.57 bits per heavy atom. The highest BCUT2D eigenvalue weighted by molar-refractivity contribution is 9.11. The number of nitro benzene ring substituents is 3. The Morgan fingerprint density at radius 1 is 0.619 bits per heavy atom. The summed E-state index contributed by atoms with van der Waals surface area (Å²) in [5.74, 6) is -4.62. The zero-order valence-electron chi connectivity index (χ0n) is 33.8. The maximum atomic E-state index is 13.4. The van der Waals surface area contributed by atoms with Gasteiger partial charge in [-0.15, -0.1) is 5.10 Å². The predicted octanol–water partition coefficient (Wildman–Crippen LogP) is 13.0. The minimum absolute atomic E-state index is 0.129. The van der Waals surface area contributed by atoms with E-state index in [2.05, 4.69) is 63.4 Å². The lowest BCUT2D eigenvalue weighted by atomic mass is 10.1. The number of rotatable bonds is 10. The van der Waals surface area contributed by atoms with E-state index in [1.54, 1.807) is 41.1 Å². The molecule has 1 heterocycles. The van der Waals surface area contributed by atoms with Crippen LogP contribution >= 0.6 is 47.8 Å². The molecule has 5 aromatic carbocycles. The molecule has 1 aromatic heterocycles. The number of nitrogen functional groups attached to an aromatic ring is 1. The standard InChI is InChI=1S/C9H9BrFNO2.C9H10FNO2.C8H7BrFN3.C8H10BrFN2.C6H3F2NO2/c1-2-3-6-4-5-7(10)8(11)9(6)12(13)14;1-2-4-7-5-3-6-8(10)9(7)11(12)13;1-2-13-6-4-3-5(9)7(10)8(6)11-12-13;1-2-12-6-4-3-5(9)7(10)8(6)11;7-4-2-1-3-5(8)6(4)9(10)11/h4-5H,2-3H2,1H3;3,5-6H,2,4H2,1H3;3-4H,2H2,1H3;3-4,12H,2,11H2,1H3;1-3H. The molecule has 0 spiro atoms. The lowest BCUT2D eigenvalue weighted by Gasteiger charge is -2.08. The summed E-state index contributed by atoms with van der Waals surface area (Å²) in [5.41, 5.74) is 6.34. The number of nitro groups is 3. The van der Waals surface area contributed by atoms with Crippen LogP contribution in [0.5, 0.6) is 0 Å². The van der Waals surface area contributed by atoms with Crippen molar-refractivity contribution in [2.45, 2.75) is 59.9 Å². The summed E-state index contributed by atoms with van der Waals surface area (Å²) in [6.45, 7) is 9.08. The monoisotopic (exact) mass is 1080 g/mol. The molecule has 0 saturated carbocycles. The van der Waals surface area contributed by atoms with Crippen molar-refractivity contribution >= 4 is 87.3 Å². The van der Waals surface area contributed by atoms with E-state index in [1.165, 1.54) is 12.1 Å². The van der Waals surface area contributed by atoms with Crippen LogP contribution in [0.25, 0.3) is 11.0 Å². The lowest BCUT2D eigenvalue weighted by Crippen LogP contribution is -2.02. The Morgan fingerprint density at radius 2 is 1.08 bits per heavy atom. The molecule has 338 valence electrons. The van der Waals surface area contributed by atoms with E-state index in [9.17, 15) is 56.7 Å². The fraction of sp³-hybridized carbons (Fsp3) is 0.250. The fourth-order valence-corrected chi connectivity index (χ4v) is 6.26. The zero-order valence-corrected chi connectivity index (χ0v) is 38.5. The van der Waals surface area contributed by atoms with Crippen molar-refractivity contribution in [1.29, 1.82) is 0 Å². The number of nitrogens with two attached hydrogens (primary N) is 1. The van der Waals surface area contributed by atoms with E-state index < -0.39 is 55.2 Å². The minimum atomic E-state index is -1.16. The molecule has 0 amide bonds. The van der Waals surface area contributed by atoms with Crippen LogP contribution in [0, 0.1) is 65.2 Å². The number of benzene rings is 5. The van der Waals surface area contributed by atoms with Crippen LogP contribution in [0.3, 0.4) is 0 Å². The maximum absolute atomic E-state index is 13.4. The van der Waals surface area contributed by atoms with E-state index >= 15 is 0 Å². The first kappa shape index (κ1) is 53.5. The van der Waals surface area contributed by atoms with Gasteiger partial charge in [-0.1, -0.05) is 56.2 Å². The number of hydrogen-bond donors (Lipinski definition) is 2. The van der Waals surface area contributed by atoms with Crippen molar-refractivity contribution in [1.82, 2.24) is 15.0 Å². The van der Waals surface area contributed by atoms with Crippen LogP contribution in [0.2, 0.25) is 0 Å². The van der Waals surface area contributed by atoms with Gasteiger partial charge in [0.05, 0.1) is 45.1 Å². The predicted molar refractivity (Wildman–Crippen MR) is 238 cm³/mol. The molecule has 0 aliphatic heterocycles. The van der Waals surface area contributed by atoms with Crippen molar-refractivity contribution < 1.29 is 41.1 Å². The number of nitrogens with one attached hydrogen (secondary N) is 1. The molecular formula is C40H39Br3F6N8O6. The third-order valence-corrected chi connectivity index (χ3v) is 9.96. The number of aromatic nitrogens is 3. The first-order chi connectivity index (χ1) is 29.8. The Bertz CT molecular complexity index is 2520. The number of aryl methyl sites for hydroxylation is 3. The third-order valence-electron chi connectivity index (χ3n) is 8.12. The van der Waals surface area contributed by atoms with Gasteiger partial charge in [0.2, 0.25) is 23.3 Å². The Hall–Kier alpha value is -5.68. The summed E-state index contributed by atoms with van der Waals surface area (Å²) in [4.78, 5) is 28.6. The maximum Gasteiger partial charge on any atom is 0.340 e. The van der Waals surface area contributed by atoms with Crippen LogP contribution in [-0.4, -0.2) is 36.3 Å². The number of para-hydroxylation sites is 2. The molecule has 23 heteroatoms. The van der Waals surface area contributed by atoms with Crippen LogP contribution in [0.4, 0.5) is 54.8 Å². The van der Waals surface area contributed by atoms with Crippen molar-refractivity contribution in [2.75, 3.05) is 17.6 Å². The van der Waals surface area contributed by atoms with Gasteiger partial charge in [0, 0.05) is 24.2 Å². The highest BCUT2D eigenvalue weighted by atomic mass is 79.9. The van der Waals surface area contributed by atoms with Crippen molar-refractivity contribution in [3.63, 3.8) is 0 Å². The minimum Gasteiger partial charge on any atom is -0.395 e. The number of anilines is 2. The van der Waals surface area contributed by atoms with E-state index in [0.29, 0.717) is 50.7 Å². The number of halogens is 9. The van der Waals surface area contributed by atoms with Crippen LogP contribution in [-0.2, 0) is 19.4 Å². The molecule has 0 unspecified atom stereocenters. The topological polar surface area (TPSA) is 198 Å². The van der Waals surface area contributed by atoms with E-state index in [0.717, 1.165) is 49.2 Å². The van der Waals surface area contributed by atoms with E-state index in [4.69, 9.17) is 5.73 Å². The smallest absolute Gasteiger partial charge is 0.340 e. The molecule has 0 saturated heterocycles. The normalized spacial score (nSPS) is 10.2. The Balaban J connectivity index is 0.000000271. The van der Waals surface area contributed by atoms with Gasteiger partial charge in [-0.05, 0) is 123 Å². The molecule has 6 rings (SSSR count). The van der Waals surface area contributed by atoms with Crippen LogP contribution < -0.4 is 11.1 Å². The summed E-state index contributed by atoms with van der Waals surface area (Å²) in [5, 5.41) is 41.6. The average molecular weight is 1080 g/mol.